The summed E-state index contributed by atoms with van der Waals surface area (Å²) in [6, 6.07) is 6.22. The number of benzene rings is 1. The number of aromatic nitrogens is 4. The van der Waals surface area contributed by atoms with Gasteiger partial charge in [0.2, 0.25) is 6.79 Å². The Bertz CT molecular complexity index is 1040. The second-order valence-electron chi connectivity index (χ2n) is 8.02. The summed E-state index contributed by atoms with van der Waals surface area (Å²) in [7, 11) is 1.94. The van der Waals surface area contributed by atoms with Crippen LogP contribution in [0.3, 0.4) is 0 Å². The molecule has 0 amide bonds. The fraction of sp³-hybridized carbons (Fsp3) is 0.476. The number of anilines is 1. The maximum atomic E-state index is 5.51. The first-order valence-electron chi connectivity index (χ1n) is 10.1. The lowest BCUT2D eigenvalue weighted by Gasteiger charge is -2.35. The Hall–Kier alpha value is -2.87. The van der Waals surface area contributed by atoms with Crippen LogP contribution < -0.4 is 14.4 Å². The Morgan fingerprint density at radius 3 is 2.62 bits per heavy atom. The zero-order valence-corrected chi connectivity index (χ0v) is 17.1. The molecule has 0 saturated carbocycles. The summed E-state index contributed by atoms with van der Waals surface area (Å²) in [4.78, 5) is 14.5. The van der Waals surface area contributed by atoms with E-state index < -0.39 is 0 Å². The second-order valence-corrected chi connectivity index (χ2v) is 8.02. The van der Waals surface area contributed by atoms with E-state index in [4.69, 9.17) is 19.4 Å². The summed E-state index contributed by atoms with van der Waals surface area (Å²) in [6.07, 6.45) is 1.88. The quantitative estimate of drug-likeness (QED) is 0.674. The smallest absolute Gasteiger partial charge is 0.231 e. The first kappa shape index (κ1) is 18.2. The predicted molar refractivity (Wildman–Crippen MR) is 110 cm³/mol. The molecule has 5 rings (SSSR count). The highest BCUT2D eigenvalue weighted by molar-refractivity contribution is 5.87. The minimum Gasteiger partial charge on any atom is -0.454 e. The Labute approximate surface area is 170 Å². The number of hydrogen-bond donors (Lipinski definition) is 0. The molecule has 0 radical (unpaired) electrons. The Kier molecular flexibility index (Phi) is 4.50. The van der Waals surface area contributed by atoms with Gasteiger partial charge in [0.1, 0.15) is 11.6 Å². The van der Waals surface area contributed by atoms with Crippen molar-refractivity contribution in [2.24, 2.45) is 7.05 Å². The van der Waals surface area contributed by atoms with Crippen molar-refractivity contribution in [3.05, 3.63) is 35.8 Å². The molecule has 0 atom stereocenters. The standard InChI is InChI=1S/C21H26N6O2/c1-14(2)19-23-20-16(11-22-25(20)3)21(24-19)27-8-6-26(7-9-27)12-15-4-5-17-18(10-15)29-13-28-17/h4-5,10-11,14H,6-9,12-13H2,1-3H3. The van der Waals surface area contributed by atoms with Gasteiger partial charge in [-0.25, -0.2) is 9.97 Å². The van der Waals surface area contributed by atoms with Gasteiger partial charge in [0.25, 0.3) is 0 Å². The summed E-state index contributed by atoms with van der Waals surface area (Å²) in [5.74, 6) is 3.85. The highest BCUT2D eigenvalue weighted by atomic mass is 16.7. The third-order valence-corrected chi connectivity index (χ3v) is 5.62. The predicted octanol–water partition coefficient (Wildman–Crippen LogP) is 2.54. The van der Waals surface area contributed by atoms with E-state index >= 15 is 0 Å². The van der Waals surface area contributed by atoms with E-state index in [1.54, 1.807) is 0 Å². The summed E-state index contributed by atoms with van der Waals surface area (Å²) >= 11 is 0. The zero-order valence-electron chi connectivity index (χ0n) is 17.1. The lowest BCUT2D eigenvalue weighted by atomic mass is 10.1. The molecule has 2 aliphatic heterocycles. The van der Waals surface area contributed by atoms with E-state index in [2.05, 4.69) is 40.9 Å². The van der Waals surface area contributed by atoms with Crippen LogP contribution in [0.2, 0.25) is 0 Å². The van der Waals surface area contributed by atoms with Crippen molar-refractivity contribution in [2.45, 2.75) is 26.3 Å². The SMILES string of the molecule is CC(C)c1nc(N2CCN(Cc3ccc4c(c3)OCO4)CC2)c2cnn(C)c2n1. The van der Waals surface area contributed by atoms with E-state index in [1.807, 2.05) is 24.0 Å². The number of piperazine rings is 1. The Balaban J connectivity index is 1.32. The van der Waals surface area contributed by atoms with Gasteiger partial charge < -0.3 is 14.4 Å². The summed E-state index contributed by atoms with van der Waals surface area (Å²) in [5, 5.41) is 5.43. The van der Waals surface area contributed by atoms with E-state index in [0.29, 0.717) is 6.79 Å². The van der Waals surface area contributed by atoms with Crippen LogP contribution in [0.1, 0.15) is 31.2 Å². The van der Waals surface area contributed by atoms with Gasteiger partial charge >= 0.3 is 0 Å². The molecule has 1 fully saturated rings. The van der Waals surface area contributed by atoms with Crippen molar-refractivity contribution in [3.8, 4) is 11.5 Å². The van der Waals surface area contributed by atoms with Gasteiger partial charge in [-0.15, -0.1) is 0 Å². The highest BCUT2D eigenvalue weighted by Gasteiger charge is 2.23. The third kappa shape index (κ3) is 3.37. The minimum absolute atomic E-state index is 0.278. The molecule has 2 aromatic heterocycles. The molecule has 0 unspecified atom stereocenters. The molecule has 0 spiro atoms. The number of nitrogens with zero attached hydrogens (tertiary/aromatic N) is 6. The highest BCUT2D eigenvalue weighted by Crippen LogP contribution is 2.33. The van der Waals surface area contributed by atoms with E-state index in [9.17, 15) is 0 Å². The molecule has 1 aromatic carbocycles. The van der Waals surface area contributed by atoms with Gasteiger partial charge in [0.05, 0.1) is 11.6 Å². The van der Waals surface area contributed by atoms with Crippen LogP contribution in [0.5, 0.6) is 11.5 Å². The second kappa shape index (κ2) is 7.18. The normalized spacial score (nSPS) is 16.9. The largest absolute Gasteiger partial charge is 0.454 e. The minimum atomic E-state index is 0.278. The fourth-order valence-corrected chi connectivity index (χ4v) is 3.94. The van der Waals surface area contributed by atoms with Gasteiger partial charge in [0.15, 0.2) is 17.1 Å². The topological polar surface area (TPSA) is 68.5 Å². The van der Waals surface area contributed by atoms with Crippen LogP contribution >= 0.6 is 0 Å². The molecule has 0 N–H and O–H groups in total. The molecule has 8 nitrogen and oxygen atoms in total. The number of ether oxygens (including phenoxy) is 2. The van der Waals surface area contributed by atoms with E-state index in [1.165, 1.54) is 5.56 Å². The first-order chi connectivity index (χ1) is 14.1. The van der Waals surface area contributed by atoms with Gasteiger partial charge in [-0.2, -0.15) is 5.10 Å². The summed E-state index contributed by atoms with van der Waals surface area (Å²) in [5.41, 5.74) is 2.16. The molecule has 29 heavy (non-hydrogen) atoms. The van der Waals surface area contributed by atoms with E-state index in [0.717, 1.165) is 66.9 Å². The number of aryl methyl sites for hydroxylation is 1. The van der Waals surface area contributed by atoms with Crippen LogP contribution in [0.15, 0.2) is 24.4 Å². The Morgan fingerprint density at radius 1 is 1.03 bits per heavy atom. The molecule has 0 bridgehead atoms. The lowest BCUT2D eigenvalue weighted by molar-refractivity contribution is 0.174. The molecule has 1 saturated heterocycles. The monoisotopic (exact) mass is 394 g/mol. The van der Waals surface area contributed by atoms with E-state index in [-0.39, 0.29) is 5.92 Å². The van der Waals surface area contributed by atoms with Crippen molar-refractivity contribution >= 4 is 16.9 Å². The van der Waals surface area contributed by atoms with Crippen molar-refractivity contribution in [1.29, 1.82) is 0 Å². The van der Waals surface area contributed by atoms with Crippen LogP contribution in [-0.2, 0) is 13.6 Å². The number of fused-ring (bicyclic) bond motifs is 2. The maximum absolute atomic E-state index is 5.51. The summed E-state index contributed by atoms with van der Waals surface area (Å²) < 4.78 is 12.7. The maximum Gasteiger partial charge on any atom is 0.231 e. The molecule has 3 aromatic rings. The summed E-state index contributed by atoms with van der Waals surface area (Å²) in [6.45, 7) is 9.32. The van der Waals surface area contributed by atoms with Crippen LogP contribution in [-0.4, -0.2) is 57.6 Å². The average molecular weight is 394 g/mol. The van der Waals surface area contributed by atoms with Crippen LogP contribution in [0, 0.1) is 0 Å². The number of rotatable bonds is 4. The molecular formula is C21H26N6O2. The van der Waals surface area contributed by atoms with Crippen molar-refractivity contribution in [3.63, 3.8) is 0 Å². The van der Waals surface area contributed by atoms with Crippen molar-refractivity contribution < 1.29 is 9.47 Å². The van der Waals surface area contributed by atoms with Gasteiger partial charge in [-0.3, -0.25) is 9.58 Å². The van der Waals surface area contributed by atoms with Gasteiger partial charge in [-0.1, -0.05) is 19.9 Å². The molecular weight excluding hydrogens is 368 g/mol. The Morgan fingerprint density at radius 2 is 1.83 bits per heavy atom. The van der Waals surface area contributed by atoms with Gasteiger partial charge in [0, 0.05) is 45.7 Å². The molecule has 152 valence electrons. The number of hydrogen-bond acceptors (Lipinski definition) is 7. The average Bonchev–Trinajstić information content (AvgIpc) is 3.34. The molecule has 2 aliphatic rings. The van der Waals surface area contributed by atoms with Crippen molar-refractivity contribution in [2.75, 3.05) is 37.9 Å². The first-order valence-corrected chi connectivity index (χ1v) is 10.1. The van der Waals surface area contributed by atoms with Crippen LogP contribution in [0.25, 0.3) is 11.0 Å². The van der Waals surface area contributed by atoms with Crippen LogP contribution in [0.4, 0.5) is 5.82 Å². The molecule has 4 heterocycles. The van der Waals surface area contributed by atoms with Crippen molar-refractivity contribution in [1.82, 2.24) is 24.6 Å². The molecule has 0 aliphatic carbocycles. The van der Waals surface area contributed by atoms with Gasteiger partial charge in [-0.05, 0) is 17.7 Å². The third-order valence-electron chi connectivity index (χ3n) is 5.62. The zero-order chi connectivity index (χ0) is 20.0. The molecule has 8 heteroatoms. The lowest BCUT2D eigenvalue weighted by Crippen LogP contribution is -2.46. The fourth-order valence-electron chi connectivity index (χ4n) is 3.94.